The van der Waals surface area contributed by atoms with Crippen molar-refractivity contribution in [3.63, 3.8) is 0 Å². The third-order valence-electron chi connectivity index (χ3n) is 5.59. The number of rotatable bonds is 5. The fraction of sp³-hybridized carbons (Fsp3) is 0.217. The van der Waals surface area contributed by atoms with E-state index < -0.39 is 5.41 Å². The minimum Gasteiger partial charge on any atom is -0.417 e. The maximum Gasteiger partial charge on any atom is 0.268 e. The maximum absolute atomic E-state index is 9.48. The Balaban J connectivity index is 1.74. The lowest BCUT2D eigenvalue weighted by atomic mass is 10.0. The van der Waals surface area contributed by atoms with Crippen LogP contribution in [0.15, 0.2) is 46.9 Å². The van der Waals surface area contributed by atoms with E-state index >= 15 is 0 Å². The van der Waals surface area contributed by atoms with Gasteiger partial charge in [-0.2, -0.15) is 10.4 Å². The Kier molecular flexibility index (Phi) is 5.21. The summed E-state index contributed by atoms with van der Waals surface area (Å²) in [4.78, 5) is 0. The number of aromatic nitrogens is 4. The van der Waals surface area contributed by atoms with E-state index in [0.29, 0.717) is 38.8 Å². The van der Waals surface area contributed by atoms with E-state index in [-0.39, 0.29) is 5.89 Å². The first-order valence-electron chi connectivity index (χ1n) is 10.0. The molecule has 2 aromatic carbocycles. The normalized spacial score (nSPS) is 14.3. The topological polar surface area (TPSA) is 80.5 Å². The van der Waals surface area contributed by atoms with Gasteiger partial charge in [-0.15, -0.1) is 10.2 Å². The van der Waals surface area contributed by atoms with E-state index in [1.165, 1.54) is 0 Å². The second-order valence-electron chi connectivity index (χ2n) is 7.65. The molecule has 4 aromatic rings. The molecular formula is C23H16Cl3N5O. The highest BCUT2D eigenvalue weighted by Gasteiger charge is 2.50. The lowest BCUT2D eigenvalue weighted by Crippen LogP contribution is -2.02. The molecule has 6 nitrogen and oxygen atoms in total. The molecule has 0 bridgehead atoms. The van der Waals surface area contributed by atoms with Crippen molar-refractivity contribution in [2.45, 2.75) is 31.6 Å². The van der Waals surface area contributed by atoms with Crippen LogP contribution >= 0.6 is 34.8 Å². The molecule has 1 aliphatic carbocycles. The number of nitriles is 1. The summed E-state index contributed by atoms with van der Waals surface area (Å²) in [7, 11) is 0. The first-order chi connectivity index (χ1) is 15.5. The van der Waals surface area contributed by atoms with Crippen LogP contribution in [0.4, 0.5) is 0 Å². The SMILES string of the molecule is CCc1c(-c2nnc(C3(C#N)CC3)o2)nn(-c2ccc(Cl)cc2Cl)c1-c1ccc(Cl)cc1. The Bertz CT molecular complexity index is 1360. The van der Waals surface area contributed by atoms with Gasteiger partial charge in [-0.05, 0) is 49.6 Å². The molecule has 0 atom stereocenters. The van der Waals surface area contributed by atoms with Gasteiger partial charge < -0.3 is 4.42 Å². The summed E-state index contributed by atoms with van der Waals surface area (Å²) in [6, 6.07) is 15.0. The molecule has 0 spiro atoms. The first-order valence-corrected chi connectivity index (χ1v) is 11.2. The van der Waals surface area contributed by atoms with Crippen LogP contribution in [0.5, 0.6) is 0 Å². The van der Waals surface area contributed by atoms with Gasteiger partial charge in [-0.25, -0.2) is 4.68 Å². The van der Waals surface area contributed by atoms with Crippen molar-refractivity contribution < 1.29 is 4.42 Å². The van der Waals surface area contributed by atoms with Crippen molar-refractivity contribution in [1.82, 2.24) is 20.0 Å². The quantitative estimate of drug-likeness (QED) is 0.316. The number of hydrogen-bond acceptors (Lipinski definition) is 5. The summed E-state index contributed by atoms with van der Waals surface area (Å²) in [6.45, 7) is 2.03. The van der Waals surface area contributed by atoms with Crippen molar-refractivity contribution in [3.8, 4) is 34.6 Å². The monoisotopic (exact) mass is 483 g/mol. The number of hydrogen-bond donors (Lipinski definition) is 0. The van der Waals surface area contributed by atoms with E-state index in [0.717, 1.165) is 29.7 Å². The number of benzene rings is 2. The van der Waals surface area contributed by atoms with Gasteiger partial charge in [0.05, 0.1) is 22.5 Å². The summed E-state index contributed by atoms with van der Waals surface area (Å²) >= 11 is 18.8. The van der Waals surface area contributed by atoms with Crippen LogP contribution in [0.1, 0.15) is 31.2 Å². The van der Waals surface area contributed by atoms with E-state index in [9.17, 15) is 5.26 Å². The number of nitrogens with zero attached hydrogens (tertiary/aromatic N) is 5. The largest absolute Gasteiger partial charge is 0.417 e. The van der Waals surface area contributed by atoms with Gasteiger partial charge in [0.15, 0.2) is 5.69 Å². The minimum absolute atomic E-state index is 0.275. The second kappa shape index (κ2) is 7.93. The van der Waals surface area contributed by atoms with Gasteiger partial charge >= 0.3 is 0 Å². The van der Waals surface area contributed by atoms with Crippen LogP contribution in [-0.4, -0.2) is 20.0 Å². The highest BCUT2D eigenvalue weighted by atomic mass is 35.5. The van der Waals surface area contributed by atoms with Crippen LogP contribution in [0.3, 0.4) is 0 Å². The first kappa shape index (κ1) is 21.0. The maximum atomic E-state index is 9.48. The van der Waals surface area contributed by atoms with E-state index in [2.05, 4.69) is 16.3 Å². The standard InChI is InChI=1S/C23H16Cl3N5O/c1-2-16-19(21-28-29-22(32-21)23(12-27)9-10-23)30-31(18-8-7-15(25)11-17(18)26)20(16)13-3-5-14(24)6-4-13/h3-8,11H,2,9-10H2,1H3. The van der Waals surface area contributed by atoms with E-state index in [4.69, 9.17) is 44.3 Å². The third-order valence-corrected chi connectivity index (χ3v) is 6.38. The average Bonchev–Trinajstić information content (AvgIpc) is 3.26. The Morgan fingerprint density at radius 1 is 1.06 bits per heavy atom. The van der Waals surface area contributed by atoms with Crippen molar-refractivity contribution in [2.24, 2.45) is 0 Å². The van der Waals surface area contributed by atoms with Crippen LogP contribution in [0.25, 0.3) is 28.5 Å². The molecule has 160 valence electrons. The minimum atomic E-state index is -0.668. The Morgan fingerprint density at radius 3 is 2.41 bits per heavy atom. The summed E-state index contributed by atoms with van der Waals surface area (Å²) in [5.74, 6) is 0.613. The Hall–Kier alpha value is -2.85. The predicted molar refractivity (Wildman–Crippen MR) is 123 cm³/mol. The molecule has 0 amide bonds. The predicted octanol–water partition coefficient (Wildman–Crippen LogP) is 6.67. The molecule has 5 rings (SSSR count). The van der Waals surface area contributed by atoms with Gasteiger partial charge in [0, 0.05) is 21.2 Å². The molecule has 9 heteroatoms. The van der Waals surface area contributed by atoms with Crippen LogP contribution in [-0.2, 0) is 11.8 Å². The number of halogens is 3. The molecule has 1 saturated carbocycles. The zero-order valence-corrected chi connectivity index (χ0v) is 19.2. The lowest BCUT2D eigenvalue weighted by molar-refractivity contribution is 0.479. The summed E-state index contributed by atoms with van der Waals surface area (Å²) < 4.78 is 7.70. The molecule has 1 fully saturated rings. The third kappa shape index (κ3) is 3.47. The molecule has 2 aromatic heterocycles. The van der Waals surface area contributed by atoms with Gasteiger partial charge in [-0.1, -0.05) is 53.9 Å². The molecule has 0 N–H and O–H groups in total. The van der Waals surface area contributed by atoms with Crippen molar-refractivity contribution in [3.05, 3.63) is 69.0 Å². The molecule has 1 aliphatic rings. The Labute approximate surface area is 199 Å². The average molecular weight is 485 g/mol. The zero-order valence-electron chi connectivity index (χ0n) is 16.9. The van der Waals surface area contributed by atoms with Crippen molar-refractivity contribution in [1.29, 1.82) is 5.26 Å². The molecule has 2 heterocycles. The molecule has 0 aliphatic heterocycles. The highest BCUT2D eigenvalue weighted by Crippen LogP contribution is 2.47. The fourth-order valence-corrected chi connectivity index (χ4v) is 4.31. The molecular weight excluding hydrogens is 469 g/mol. The summed E-state index contributed by atoms with van der Waals surface area (Å²) in [6.07, 6.45) is 2.09. The highest BCUT2D eigenvalue weighted by molar-refractivity contribution is 6.35. The van der Waals surface area contributed by atoms with Gasteiger partial charge in [0.25, 0.3) is 5.89 Å². The van der Waals surface area contributed by atoms with E-state index in [1.807, 2.05) is 37.3 Å². The lowest BCUT2D eigenvalue weighted by Gasteiger charge is -2.11. The van der Waals surface area contributed by atoms with Crippen LogP contribution < -0.4 is 0 Å². The fourth-order valence-electron chi connectivity index (χ4n) is 3.70. The second-order valence-corrected chi connectivity index (χ2v) is 8.93. The molecule has 0 radical (unpaired) electrons. The summed E-state index contributed by atoms with van der Waals surface area (Å²) in [5.41, 5.74) is 3.21. The van der Waals surface area contributed by atoms with E-state index in [1.54, 1.807) is 16.8 Å². The Morgan fingerprint density at radius 2 is 1.78 bits per heavy atom. The van der Waals surface area contributed by atoms with Crippen LogP contribution in [0.2, 0.25) is 15.1 Å². The molecule has 0 unspecified atom stereocenters. The summed E-state index contributed by atoms with van der Waals surface area (Å²) in [5, 5.41) is 24.3. The molecule has 0 saturated heterocycles. The smallest absolute Gasteiger partial charge is 0.268 e. The van der Waals surface area contributed by atoms with Gasteiger partial charge in [-0.3, -0.25) is 0 Å². The zero-order chi connectivity index (χ0) is 22.5. The van der Waals surface area contributed by atoms with Crippen molar-refractivity contribution >= 4 is 34.8 Å². The molecule has 32 heavy (non-hydrogen) atoms. The van der Waals surface area contributed by atoms with Gasteiger partial charge in [0.1, 0.15) is 5.41 Å². The van der Waals surface area contributed by atoms with Gasteiger partial charge in [0.2, 0.25) is 5.89 Å². The van der Waals surface area contributed by atoms with Crippen LogP contribution in [0, 0.1) is 11.3 Å². The van der Waals surface area contributed by atoms with Crippen molar-refractivity contribution in [2.75, 3.05) is 0 Å².